The van der Waals surface area contributed by atoms with E-state index in [-0.39, 0.29) is 6.61 Å². The van der Waals surface area contributed by atoms with Gasteiger partial charge in [0.25, 0.3) is 0 Å². The fraction of sp³-hybridized carbons (Fsp3) is 0.150. The summed E-state index contributed by atoms with van der Waals surface area (Å²) in [5.41, 5.74) is 3.48. The lowest BCUT2D eigenvalue weighted by Crippen LogP contribution is -2.01. The molecular weight excluding hydrogens is 302 g/mol. The smallest absolute Gasteiger partial charge is 0.221 e. The number of ether oxygens (including phenoxy) is 2. The van der Waals surface area contributed by atoms with Crippen molar-refractivity contribution in [3.05, 3.63) is 78.0 Å². The maximum Gasteiger partial charge on any atom is 0.221 e. The summed E-state index contributed by atoms with van der Waals surface area (Å²) in [5.74, 6) is 1.18. The van der Waals surface area contributed by atoms with Crippen LogP contribution in [0.4, 0.5) is 0 Å². The Morgan fingerprint density at radius 3 is 2.46 bits per heavy atom. The van der Waals surface area contributed by atoms with E-state index in [0.717, 1.165) is 22.3 Å². The zero-order chi connectivity index (χ0) is 16.8. The van der Waals surface area contributed by atoms with Crippen LogP contribution in [0.1, 0.15) is 11.1 Å². The maximum absolute atomic E-state index is 9.88. The monoisotopic (exact) mass is 321 g/mol. The van der Waals surface area contributed by atoms with Crippen LogP contribution in [0.2, 0.25) is 0 Å². The molecule has 0 unspecified atom stereocenters. The van der Waals surface area contributed by atoms with E-state index in [4.69, 9.17) is 9.47 Å². The molecule has 0 bridgehead atoms. The molecule has 122 valence electrons. The van der Waals surface area contributed by atoms with Crippen molar-refractivity contribution in [1.82, 2.24) is 4.98 Å². The summed E-state index contributed by atoms with van der Waals surface area (Å²) >= 11 is 0. The molecule has 0 spiro atoms. The lowest BCUT2D eigenvalue weighted by molar-refractivity contribution is 0.259. The van der Waals surface area contributed by atoms with Gasteiger partial charge in [-0.05, 0) is 29.3 Å². The third-order valence-corrected chi connectivity index (χ3v) is 3.78. The molecule has 0 atom stereocenters. The zero-order valence-corrected chi connectivity index (χ0v) is 13.5. The molecule has 1 N–H and O–H groups in total. The molecule has 3 rings (SSSR count). The molecule has 0 aliphatic heterocycles. The highest BCUT2D eigenvalue weighted by Gasteiger charge is 2.14. The Kier molecular flexibility index (Phi) is 5.08. The highest BCUT2D eigenvalue weighted by Crippen LogP contribution is 2.35. The molecule has 0 radical (unpaired) electrons. The summed E-state index contributed by atoms with van der Waals surface area (Å²) in [5, 5.41) is 9.88. The summed E-state index contributed by atoms with van der Waals surface area (Å²) in [4.78, 5) is 4.23. The van der Waals surface area contributed by atoms with Crippen molar-refractivity contribution in [2.45, 2.75) is 13.2 Å². The number of benzene rings is 2. The van der Waals surface area contributed by atoms with E-state index < -0.39 is 0 Å². The molecule has 0 amide bonds. The van der Waals surface area contributed by atoms with Crippen LogP contribution in [-0.4, -0.2) is 17.2 Å². The topological polar surface area (TPSA) is 51.6 Å². The Morgan fingerprint density at radius 1 is 0.917 bits per heavy atom. The van der Waals surface area contributed by atoms with E-state index in [1.807, 2.05) is 60.7 Å². The molecule has 0 aliphatic rings. The summed E-state index contributed by atoms with van der Waals surface area (Å²) in [7, 11) is 1.58. The van der Waals surface area contributed by atoms with Crippen molar-refractivity contribution in [2.75, 3.05) is 7.11 Å². The fourth-order valence-electron chi connectivity index (χ4n) is 2.61. The van der Waals surface area contributed by atoms with Gasteiger partial charge in [-0.25, -0.2) is 4.98 Å². The van der Waals surface area contributed by atoms with Gasteiger partial charge >= 0.3 is 0 Å². The Balaban J connectivity index is 1.94. The first kappa shape index (κ1) is 16.0. The lowest BCUT2D eigenvalue weighted by atomic mass is 10.00. The molecule has 1 aromatic heterocycles. The van der Waals surface area contributed by atoms with Crippen LogP contribution in [0.25, 0.3) is 11.1 Å². The number of nitrogens with zero attached hydrogens (tertiary/aromatic N) is 1. The summed E-state index contributed by atoms with van der Waals surface area (Å²) in [6.07, 6.45) is 1.68. The van der Waals surface area contributed by atoms with Crippen LogP contribution in [0, 0.1) is 0 Å². The molecule has 1 heterocycles. The summed E-state index contributed by atoms with van der Waals surface area (Å²) in [6, 6.07) is 19.4. The van der Waals surface area contributed by atoms with E-state index in [2.05, 4.69) is 4.98 Å². The van der Waals surface area contributed by atoms with E-state index in [1.54, 1.807) is 13.3 Å². The quantitative estimate of drug-likeness (QED) is 0.750. The minimum Gasteiger partial charge on any atom is -0.489 e. The standard InChI is InChI=1S/C20H19NO3/c1-23-20-17(10-6-12-21-20)16-9-5-11-19(18(16)13-22)24-14-15-7-3-2-4-8-15/h2-12,22H,13-14H2,1H3. The first-order chi connectivity index (χ1) is 11.8. The first-order valence-electron chi connectivity index (χ1n) is 7.72. The van der Waals surface area contributed by atoms with Gasteiger partial charge in [-0.15, -0.1) is 0 Å². The third-order valence-electron chi connectivity index (χ3n) is 3.78. The molecule has 0 saturated heterocycles. The van der Waals surface area contributed by atoms with Crippen molar-refractivity contribution in [3.8, 4) is 22.8 Å². The van der Waals surface area contributed by atoms with Crippen LogP contribution < -0.4 is 9.47 Å². The van der Waals surface area contributed by atoms with E-state index in [1.165, 1.54) is 0 Å². The zero-order valence-electron chi connectivity index (χ0n) is 13.5. The van der Waals surface area contributed by atoms with Crippen molar-refractivity contribution < 1.29 is 14.6 Å². The minimum absolute atomic E-state index is 0.127. The number of aliphatic hydroxyl groups is 1. The van der Waals surface area contributed by atoms with Crippen LogP contribution in [0.5, 0.6) is 11.6 Å². The fourth-order valence-corrected chi connectivity index (χ4v) is 2.61. The van der Waals surface area contributed by atoms with E-state index >= 15 is 0 Å². The molecule has 24 heavy (non-hydrogen) atoms. The Hall–Kier alpha value is -2.85. The molecule has 0 saturated carbocycles. The van der Waals surface area contributed by atoms with Gasteiger partial charge in [0, 0.05) is 17.3 Å². The first-order valence-corrected chi connectivity index (χ1v) is 7.72. The third kappa shape index (κ3) is 3.39. The molecule has 0 fully saturated rings. The second-order valence-corrected chi connectivity index (χ2v) is 5.27. The predicted molar refractivity (Wildman–Crippen MR) is 92.9 cm³/mol. The molecule has 0 aliphatic carbocycles. The number of aliphatic hydroxyl groups excluding tert-OH is 1. The van der Waals surface area contributed by atoms with Crippen molar-refractivity contribution in [2.24, 2.45) is 0 Å². The van der Waals surface area contributed by atoms with Gasteiger partial charge in [-0.2, -0.15) is 0 Å². The number of methoxy groups -OCH3 is 1. The van der Waals surface area contributed by atoms with Gasteiger partial charge < -0.3 is 14.6 Å². The second-order valence-electron chi connectivity index (χ2n) is 5.27. The molecule has 4 heteroatoms. The van der Waals surface area contributed by atoms with Gasteiger partial charge in [0.15, 0.2) is 0 Å². The average Bonchev–Trinajstić information content (AvgIpc) is 2.66. The number of hydrogen-bond donors (Lipinski definition) is 1. The Labute approximate surface area is 141 Å². The Bertz CT molecular complexity index is 803. The van der Waals surface area contributed by atoms with Gasteiger partial charge in [-0.3, -0.25) is 0 Å². The van der Waals surface area contributed by atoms with Crippen molar-refractivity contribution in [1.29, 1.82) is 0 Å². The van der Waals surface area contributed by atoms with Crippen LogP contribution >= 0.6 is 0 Å². The lowest BCUT2D eigenvalue weighted by Gasteiger charge is -2.15. The highest BCUT2D eigenvalue weighted by molar-refractivity contribution is 5.73. The average molecular weight is 321 g/mol. The molecular formula is C20H19NO3. The molecule has 2 aromatic carbocycles. The van der Waals surface area contributed by atoms with Crippen LogP contribution in [-0.2, 0) is 13.2 Å². The van der Waals surface area contributed by atoms with Gasteiger partial charge in [0.1, 0.15) is 12.4 Å². The van der Waals surface area contributed by atoms with Gasteiger partial charge in [0.2, 0.25) is 5.88 Å². The van der Waals surface area contributed by atoms with Crippen molar-refractivity contribution in [3.63, 3.8) is 0 Å². The van der Waals surface area contributed by atoms with E-state index in [0.29, 0.717) is 18.2 Å². The van der Waals surface area contributed by atoms with Gasteiger partial charge in [-0.1, -0.05) is 42.5 Å². The van der Waals surface area contributed by atoms with E-state index in [9.17, 15) is 5.11 Å². The minimum atomic E-state index is -0.127. The van der Waals surface area contributed by atoms with Crippen molar-refractivity contribution >= 4 is 0 Å². The molecule has 3 aromatic rings. The summed E-state index contributed by atoms with van der Waals surface area (Å²) < 4.78 is 11.3. The van der Waals surface area contributed by atoms with Gasteiger partial charge in [0.05, 0.1) is 13.7 Å². The molecule has 4 nitrogen and oxygen atoms in total. The highest BCUT2D eigenvalue weighted by atomic mass is 16.5. The summed E-state index contributed by atoms with van der Waals surface area (Å²) in [6.45, 7) is 0.319. The number of hydrogen-bond acceptors (Lipinski definition) is 4. The largest absolute Gasteiger partial charge is 0.489 e. The SMILES string of the molecule is COc1ncccc1-c1cccc(OCc2ccccc2)c1CO. The maximum atomic E-state index is 9.88. The number of aromatic nitrogens is 1. The number of rotatable bonds is 6. The Morgan fingerprint density at radius 2 is 1.71 bits per heavy atom. The second kappa shape index (κ2) is 7.62. The number of pyridine rings is 1. The van der Waals surface area contributed by atoms with Crippen LogP contribution in [0.3, 0.4) is 0 Å². The van der Waals surface area contributed by atoms with Crippen LogP contribution in [0.15, 0.2) is 66.9 Å². The normalized spacial score (nSPS) is 10.4. The predicted octanol–water partition coefficient (Wildman–Crippen LogP) is 3.83.